The predicted octanol–water partition coefficient (Wildman–Crippen LogP) is 7.19. The smallest absolute Gasteiger partial charge is 0.354 e. The number of hydrogen-bond donors (Lipinski definition) is 1. The molecule has 0 spiro atoms. The van der Waals surface area contributed by atoms with Crippen molar-refractivity contribution in [3.05, 3.63) is 92.9 Å². The maximum absolute atomic E-state index is 14.0. The fourth-order valence-corrected chi connectivity index (χ4v) is 6.37. The Kier molecular flexibility index (Phi) is 11.8. The van der Waals surface area contributed by atoms with Gasteiger partial charge in [0.1, 0.15) is 12.6 Å². The Morgan fingerprint density at radius 2 is 1.60 bits per heavy atom. The molecule has 3 aromatic carbocycles. The summed E-state index contributed by atoms with van der Waals surface area (Å²) in [7, 11) is -4.58. The highest BCUT2D eigenvalue weighted by Gasteiger charge is 2.37. The zero-order chi connectivity index (χ0) is 31.9. The lowest BCUT2D eigenvalue weighted by Crippen LogP contribution is -2.52. The van der Waals surface area contributed by atoms with Gasteiger partial charge in [0.15, 0.2) is 0 Å². The van der Waals surface area contributed by atoms with Gasteiger partial charge in [-0.05, 0) is 60.9 Å². The summed E-state index contributed by atoms with van der Waals surface area (Å²) in [4.78, 5) is 28.1. The normalized spacial score (nSPS) is 12.5. The summed E-state index contributed by atoms with van der Waals surface area (Å²) >= 11 is 18.2. The number of hydrogen-bond acceptors (Lipinski definition) is 4. The van der Waals surface area contributed by atoms with Gasteiger partial charge in [0, 0.05) is 23.1 Å². The van der Waals surface area contributed by atoms with Crippen LogP contribution < -0.4 is 9.62 Å². The molecule has 1 atom stereocenters. The van der Waals surface area contributed by atoms with Crippen LogP contribution in [0.3, 0.4) is 0 Å². The third-order valence-corrected chi connectivity index (χ3v) is 9.15. The summed E-state index contributed by atoms with van der Waals surface area (Å²) in [5.41, 5.74) is -1.30. The zero-order valence-electron chi connectivity index (χ0n) is 23.2. The third kappa shape index (κ3) is 8.56. The number of carbonyl (C=O) groups excluding carboxylic acids is 2. The average molecular weight is 679 g/mol. The summed E-state index contributed by atoms with van der Waals surface area (Å²) in [5.74, 6) is -1.33. The molecule has 0 fully saturated rings. The highest BCUT2D eigenvalue weighted by atomic mass is 35.5. The molecule has 14 heteroatoms. The molecule has 3 aromatic rings. The van der Waals surface area contributed by atoms with Crippen molar-refractivity contribution in [2.45, 2.75) is 50.3 Å². The van der Waals surface area contributed by atoms with E-state index in [1.807, 2.05) is 6.92 Å². The highest BCUT2D eigenvalue weighted by Crippen LogP contribution is 2.38. The van der Waals surface area contributed by atoms with Crippen LogP contribution in [-0.2, 0) is 32.3 Å². The van der Waals surface area contributed by atoms with E-state index in [0.717, 1.165) is 17.0 Å². The number of benzene rings is 3. The van der Waals surface area contributed by atoms with Crippen molar-refractivity contribution in [2.75, 3.05) is 17.4 Å². The molecule has 0 saturated heterocycles. The lowest BCUT2D eigenvalue weighted by atomic mass is 10.1. The van der Waals surface area contributed by atoms with E-state index in [2.05, 4.69) is 5.32 Å². The monoisotopic (exact) mass is 677 g/mol. The molecule has 2 amide bonds. The minimum Gasteiger partial charge on any atom is -0.354 e. The lowest BCUT2D eigenvalue weighted by molar-refractivity contribution is -0.140. The van der Waals surface area contributed by atoms with Crippen molar-refractivity contribution in [3.8, 4) is 0 Å². The van der Waals surface area contributed by atoms with Crippen LogP contribution in [0.2, 0.25) is 15.1 Å². The van der Waals surface area contributed by atoms with Crippen LogP contribution in [0, 0.1) is 0 Å². The van der Waals surface area contributed by atoms with Crippen LogP contribution in [-0.4, -0.2) is 44.3 Å². The Bertz CT molecular complexity index is 1560. The Hall–Kier alpha value is -2.99. The second-order valence-electron chi connectivity index (χ2n) is 9.46. The number of rotatable bonds is 12. The van der Waals surface area contributed by atoms with Crippen molar-refractivity contribution in [3.63, 3.8) is 0 Å². The summed E-state index contributed by atoms with van der Waals surface area (Å²) in [6.45, 7) is 2.72. The number of nitrogens with one attached hydrogen (secondary N) is 1. The molecule has 0 bridgehead atoms. The Balaban J connectivity index is 2.15. The van der Waals surface area contributed by atoms with Crippen molar-refractivity contribution < 1.29 is 31.2 Å². The number of alkyl halides is 3. The Morgan fingerprint density at radius 3 is 2.19 bits per heavy atom. The van der Waals surface area contributed by atoms with Crippen LogP contribution >= 0.6 is 34.8 Å². The minimum atomic E-state index is -4.90. The van der Waals surface area contributed by atoms with E-state index < -0.39 is 56.9 Å². The van der Waals surface area contributed by atoms with E-state index in [1.165, 1.54) is 30.3 Å². The molecular formula is C29H29Cl3F3N3O4S. The van der Waals surface area contributed by atoms with Crippen LogP contribution in [0.4, 0.5) is 18.9 Å². The second kappa shape index (κ2) is 14.7. The van der Waals surface area contributed by atoms with Crippen molar-refractivity contribution in [2.24, 2.45) is 0 Å². The largest absolute Gasteiger partial charge is 0.417 e. The quantitative estimate of drug-likeness (QED) is 0.220. The SMILES string of the molecule is CCCNC(=O)[C@H](CC)N(Cc1ccc(Cl)cc1Cl)C(=O)CN(c1ccc(Cl)c(C(F)(F)F)c1)S(=O)(=O)c1ccccc1. The molecule has 1 N–H and O–H groups in total. The molecule has 0 radical (unpaired) electrons. The molecule has 0 aliphatic heterocycles. The Morgan fingerprint density at radius 1 is 0.930 bits per heavy atom. The number of nitrogens with zero attached hydrogens (tertiary/aromatic N) is 2. The molecular weight excluding hydrogens is 650 g/mol. The van der Waals surface area contributed by atoms with Gasteiger partial charge in [-0.15, -0.1) is 0 Å². The van der Waals surface area contributed by atoms with E-state index in [9.17, 15) is 31.2 Å². The summed E-state index contributed by atoms with van der Waals surface area (Å²) in [6, 6.07) is 13.0. The van der Waals surface area contributed by atoms with Gasteiger partial charge >= 0.3 is 6.18 Å². The number of carbonyl (C=O) groups is 2. The fraction of sp³-hybridized carbons (Fsp3) is 0.310. The summed E-state index contributed by atoms with van der Waals surface area (Å²) in [6.07, 6.45) is -4.13. The van der Waals surface area contributed by atoms with Gasteiger partial charge in [0.2, 0.25) is 11.8 Å². The number of sulfonamides is 1. The first-order valence-electron chi connectivity index (χ1n) is 13.2. The average Bonchev–Trinajstić information content (AvgIpc) is 2.95. The molecule has 232 valence electrons. The molecule has 3 rings (SSSR count). The molecule has 43 heavy (non-hydrogen) atoms. The second-order valence-corrected chi connectivity index (χ2v) is 12.6. The fourth-order valence-electron chi connectivity index (χ4n) is 4.25. The standard InChI is InChI=1S/C29H29Cl3F3N3O4S/c1-3-14-36-28(40)26(4-2)37(17-19-10-11-20(30)15-25(19)32)27(39)18-38(43(41,42)22-8-6-5-7-9-22)21-12-13-24(31)23(16-21)29(33,34)35/h5-13,15-16,26H,3-4,14,17-18H2,1-2H3,(H,36,40)/t26-/m0/s1. The first kappa shape index (κ1) is 34.5. The highest BCUT2D eigenvalue weighted by molar-refractivity contribution is 7.92. The van der Waals surface area contributed by atoms with Crippen molar-refractivity contribution in [1.82, 2.24) is 10.2 Å². The van der Waals surface area contributed by atoms with Gasteiger partial charge in [-0.1, -0.05) is 72.9 Å². The van der Waals surface area contributed by atoms with Gasteiger partial charge < -0.3 is 10.2 Å². The van der Waals surface area contributed by atoms with Gasteiger partial charge in [-0.2, -0.15) is 13.2 Å². The molecule has 0 unspecified atom stereocenters. The maximum Gasteiger partial charge on any atom is 0.417 e. The van der Waals surface area contributed by atoms with E-state index in [-0.39, 0.29) is 22.9 Å². The van der Waals surface area contributed by atoms with E-state index in [0.29, 0.717) is 33.9 Å². The first-order valence-corrected chi connectivity index (χ1v) is 15.7. The first-order chi connectivity index (χ1) is 20.2. The van der Waals surface area contributed by atoms with Crippen LogP contribution in [0.15, 0.2) is 71.6 Å². The molecule has 0 aliphatic rings. The van der Waals surface area contributed by atoms with Crippen molar-refractivity contribution >= 4 is 62.3 Å². The summed E-state index contributed by atoms with van der Waals surface area (Å²) < 4.78 is 69.5. The molecule has 0 aromatic heterocycles. The number of anilines is 1. The van der Waals surface area contributed by atoms with Crippen LogP contribution in [0.5, 0.6) is 0 Å². The predicted molar refractivity (Wildman–Crippen MR) is 162 cm³/mol. The van der Waals surface area contributed by atoms with Gasteiger partial charge in [-0.25, -0.2) is 8.42 Å². The minimum absolute atomic E-state index is 0.150. The summed E-state index contributed by atoms with van der Waals surface area (Å²) in [5, 5.41) is 2.64. The maximum atomic E-state index is 14.0. The van der Waals surface area contributed by atoms with E-state index >= 15 is 0 Å². The Labute approximate surface area is 263 Å². The zero-order valence-corrected chi connectivity index (χ0v) is 26.3. The van der Waals surface area contributed by atoms with Gasteiger partial charge in [0.25, 0.3) is 10.0 Å². The molecule has 0 saturated carbocycles. The molecule has 0 aliphatic carbocycles. The van der Waals surface area contributed by atoms with E-state index in [1.54, 1.807) is 25.1 Å². The number of halogens is 6. The third-order valence-electron chi connectivity index (χ3n) is 6.44. The number of amides is 2. The van der Waals surface area contributed by atoms with Gasteiger partial charge in [0.05, 0.1) is 21.2 Å². The van der Waals surface area contributed by atoms with Crippen molar-refractivity contribution in [1.29, 1.82) is 0 Å². The van der Waals surface area contributed by atoms with Gasteiger partial charge in [-0.3, -0.25) is 13.9 Å². The van der Waals surface area contributed by atoms with Crippen LogP contribution in [0.25, 0.3) is 0 Å². The lowest BCUT2D eigenvalue weighted by Gasteiger charge is -2.33. The van der Waals surface area contributed by atoms with E-state index in [4.69, 9.17) is 34.8 Å². The van der Waals surface area contributed by atoms with Crippen LogP contribution in [0.1, 0.15) is 37.8 Å². The molecule has 0 heterocycles. The topological polar surface area (TPSA) is 86.8 Å². The molecule has 7 nitrogen and oxygen atoms in total.